The third-order valence-electron chi connectivity index (χ3n) is 4.89. The molecule has 2 N–H and O–H groups in total. The Morgan fingerprint density at radius 2 is 1.87 bits per heavy atom. The second kappa shape index (κ2) is 9.95. The van der Waals surface area contributed by atoms with E-state index >= 15 is 0 Å². The molecule has 0 spiro atoms. The number of benzene rings is 1. The average molecular weight is 421 g/mol. The first kappa shape index (κ1) is 23.0. The molecule has 1 aromatic carbocycles. The van der Waals surface area contributed by atoms with Crippen LogP contribution in [-0.4, -0.2) is 68.2 Å². The van der Waals surface area contributed by atoms with Crippen LogP contribution < -0.4 is 20.1 Å². The summed E-state index contributed by atoms with van der Waals surface area (Å²) < 4.78 is 15.3. The number of rotatable bonds is 10. The molecule has 0 aromatic heterocycles. The number of ether oxygens (including phenoxy) is 3. The van der Waals surface area contributed by atoms with Crippen LogP contribution in [0, 0.1) is 0 Å². The second-order valence-electron chi connectivity index (χ2n) is 6.96. The van der Waals surface area contributed by atoms with E-state index in [1.54, 1.807) is 34.1 Å². The zero-order valence-corrected chi connectivity index (χ0v) is 17.6. The quantitative estimate of drug-likeness (QED) is 0.419. The van der Waals surface area contributed by atoms with Gasteiger partial charge in [0.15, 0.2) is 18.1 Å². The van der Waals surface area contributed by atoms with Crippen molar-refractivity contribution in [3.05, 3.63) is 23.8 Å². The number of methoxy groups -OCH3 is 2. The van der Waals surface area contributed by atoms with Gasteiger partial charge < -0.3 is 24.8 Å². The largest absolute Gasteiger partial charge is 0.493 e. The van der Waals surface area contributed by atoms with Crippen molar-refractivity contribution in [3.63, 3.8) is 0 Å². The van der Waals surface area contributed by atoms with Crippen LogP contribution in [0.5, 0.6) is 11.5 Å². The number of urea groups is 1. The maximum Gasteiger partial charge on any atom is 0.326 e. The number of hydrogen-bond acceptors (Lipinski definition) is 7. The Morgan fingerprint density at radius 3 is 2.47 bits per heavy atom. The fourth-order valence-corrected chi connectivity index (χ4v) is 2.88. The van der Waals surface area contributed by atoms with E-state index < -0.39 is 42.5 Å². The molecule has 1 atom stereocenters. The van der Waals surface area contributed by atoms with E-state index in [4.69, 9.17) is 14.2 Å². The molecule has 1 aliphatic rings. The minimum absolute atomic E-state index is 0.327. The maximum absolute atomic E-state index is 12.2. The third-order valence-corrected chi connectivity index (χ3v) is 4.89. The summed E-state index contributed by atoms with van der Waals surface area (Å²) in [4.78, 5) is 48.7. The highest BCUT2D eigenvalue weighted by molar-refractivity contribution is 6.08. The molecule has 1 aliphatic heterocycles. The van der Waals surface area contributed by atoms with E-state index in [0.717, 1.165) is 10.5 Å². The molecule has 1 heterocycles. The minimum atomic E-state index is -1.03. The summed E-state index contributed by atoms with van der Waals surface area (Å²) in [5, 5.41) is 5.18. The summed E-state index contributed by atoms with van der Waals surface area (Å²) in [6.45, 7) is 2.63. The zero-order chi connectivity index (χ0) is 22.3. The third kappa shape index (κ3) is 5.40. The summed E-state index contributed by atoms with van der Waals surface area (Å²) >= 11 is 0. The summed E-state index contributed by atoms with van der Waals surface area (Å²) in [5.74, 6) is -0.615. The highest BCUT2D eigenvalue weighted by Crippen LogP contribution is 2.27. The Bertz CT molecular complexity index is 827. The zero-order valence-electron chi connectivity index (χ0n) is 17.6. The van der Waals surface area contributed by atoms with Gasteiger partial charge in [0, 0.05) is 6.54 Å². The second-order valence-corrected chi connectivity index (χ2v) is 6.96. The van der Waals surface area contributed by atoms with E-state index in [-0.39, 0.29) is 0 Å². The Morgan fingerprint density at radius 1 is 1.17 bits per heavy atom. The van der Waals surface area contributed by atoms with Crippen molar-refractivity contribution in [3.8, 4) is 11.5 Å². The van der Waals surface area contributed by atoms with Crippen LogP contribution in [0.3, 0.4) is 0 Å². The molecule has 0 saturated carbocycles. The summed E-state index contributed by atoms with van der Waals surface area (Å²) in [6, 6.07) is 4.79. The van der Waals surface area contributed by atoms with Crippen molar-refractivity contribution >= 4 is 23.8 Å². The van der Waals surface area contributed by atoms with Gasteiger partial charge in [-0.05, 0) is 37.5 Å². The Kier molecular flexibility index (Phi) is 7.62. The van der Waals surface area contributed by atoms with Crippen LogP contribution in [0.1, 0.15) is 25.8 Å². The number of carbonyl (C=O) groups is 4. The van der Waals surface area contributed by atoms with Gasteiger partial charge in [0.1, 0.15) is 12.1 Å². The Labute approximate surface area is 174 Å². The van der Waals surface area contributed by atoms with Crippen LogP contribution in [0.15, 0.2) is 18.2 Å². The number of nitrogens with one attached hydrogen (secondary N) is 2. The molecule has 10 nitrogen and oxygen atoms in total. The molecule has 10 heteroatoms. The fraction of sp³-hybridized carbons (Fsp3) is 0.500. The number of carbonyl (C=O) groups excluding carboxylic acids is 4. The lowest BCUT2D eigenvalue weighted by atomic mass is 9.99. The van der Waals surface area contributed by atoms with Crippen LogP contribution >= 0.6 is 0 Å². The fourth-order valence-electron chi connectivity index (χ4n) is 2.88. The van der Waals surface area contributed by atoms with Crippen LogP contribution in [-0.2, 0) is 25.5 Å². The summed E-state index contributed by atoms with van der Waals surface area (Å²) in [5.41, 5.74) is -0.0960. The van der Waals surface area contributed by atoms with Crippen molar-refractivity contribution in [2.75, 3.05) is 33.9 Å². The minimum Gasteiger partial charge on any atom is -0.493 e. The van der Waals surface area contributed by atoms with E-state index in [2.05, 4.69) is 10.6 Å². The lowest BCUT2D eigenvalue weighted by Crippen LogP contribution is -2.43. The molecule has 0 unspecified atom stereocenters. The Balaban J connectivity index is 1.74. The van der Waals surface area contributed by atoms with Gasteiger partial charge in [-0.3, -0.25) is 19.3 Å². The SMILES string of the molecule is CC[C@]1(C)NC(=O)N(CC(=O)OCC(=O)NCCc2ccc(OC)c(OC)c2)C1=O. The molecule has 30 heavy (non-hydrogen) atoms. The standard InChI is InChI=1S/C20H27N3O7/c1-5-20(2)18(26)23(19(27)22-20)11-17(25)30-12-16(24)21-9-8-13-6-7-14(28-3)15(10-13)29-4/h6-7,10H,5,8-9,11-12H2,1-4H3,(H,21,24)(H,22,27)/t20-/m0/s1. The van der Waals surface area contributed by atoms with E-state index in [9.17, 15) is 19.2 Å². The van der Waals surface area contributed by atoms with E-state index in [0.29, 0.717) is 30.9 Å². The molecular weight excluding hydrogens is 394 g/mol. The lowest BCUT2D eigenvalue weighted by molar-refractivity contribution is -0.151. The van der Waals surface area contributed by atoms with Crippen LogP contribution in [0.4, 0.5) is 4.79 Å². The van der Waals surface area contributed by atoms with Gasteiger partial charge in [0.2, 0.25) is 0 Å². The number of imide groups is 1. The lowest BCUT2D eigenvalue weighted by Gasteiger charge is -2.18. The first-order valence-electron chi connectivity index (χ1n) is 9.51. The highest BCUT2D eigenvalue weighted by Gasteiger charge is 2.47. The van der Waals surface area contributed by atoms with Gasteiger partial charge >= 0.3 is 12.0 Å². The van der Waals surface area contributed by atoms with Gasteiger partial charge in [-0.25, -0.2) is 4.79 Å². The van der Waals surface area contributed by atoms with Gasteiger partial charge in [-0.1, -0.05) is 13.0 Å². The number of hydrogen-bond donors (Lipinski definition) is 2. The first-order chi connectivity index (χ1) is 14.2. The highest BCUT2D eigenvalue weighted by atomic mass is 16.5. The summed E-state index contributed by atoms with van der Waals surface area (Å²) in [6.07, 6.45) is 0.934. The van der Waals surface area contributed by atoms with Crippen molar-refractivity contribution < 1.29 is 33.4 Å². The monoisotopic (exact) mass is 421 g/mol. The predicted molar refractivity (Wildman–Crippen MR) is 106 cm³/mol. The molecule has 1 aromatic rings. The molecule has 1 saturated heterocycles. The topological polar surface area (TPSA) is 123 Å². The molecule has 0 radical (unpaired) electrons. The number of amides is 4. The first-order valence-corrected chi connectivity index (χ1v) is 9.51. The number of nitrogens with zero attached hydrogens (tertiary/aromatic N) is 1. The molecule has 1 fully saturated rings. The average Bonchev–Trinajstić information content (AvgIpc) is 2.95. The van der Waals surface area contributed by atoms with Crippen molar-refractivity contribution in [2.45, 2.75) is 32.2 Å². The van der Waals surface area contributed by atoms with Gasteiger partial charge in [0.05, 0.1) is 14.2 Å². The van der Waals surface area contributed by atoms with Gasteiger partial charge in [-0.15, -0.1) is 0 Å². The normalized spacial score (nSPS) is 18.1. The number of esters is 1. The molecule has 0 aliphatic carbocycles. The molecule has 4 amide bonds. The maximum atomic E-state index is 12.2. The van der Waals surface area contributed by atoms with Crippen molar-refractivity contribution in [1.82, 2.24) is 15.5 Å². The summed E-state index contributed by atoms with van der Waals surface area (Å²) in [7, 11) is 3.09. The van der Waals surface area contributed by atoms with Crippen molar-refractivity contribution in [1.29, 1.82) is 0 Å². The molecular formula is C20H27N3O7. The van der Waals surface area contributed by atoms with E-state index in [1.165, 1.54) is 0 Å². The van der Waals surface area contributed by atoms with Gasteiger partial charge in [0.25, 0.3) is 11.8 Å². The Hall–Kier alpha value is -3.30. The predicted octanol–water partition coefficient (Wildman–Crippen LogP) is 0.626. The van der Waals surface area contributed by atoms with Crippen LogP contribution in [0.25, 0.3) is 0 Å². The van der Waals surface area contributed by atoms with E-state index in [1.807, 2.05) is 12.1 Å². The van der Waals surface area contributed by atoms with Crippen LogP contribution in [0.2, 0.25) is 0 Å². The van der Waals surface area contributed by atoms with Crippen molar-refractivity contribution in [2.24, 2.45) is 0 Å². The molecule has 164 valence electrons. The smallest absolute Gasteiger partial charge is 0.326 e. The molecule has 2 rings (SSSR count). The van der Waals surface area contributed by atoms with Gasteiger partial charge in [-0.2, -0.15) is 0 Å². The molecule has 0 bridgehead atoms.